The molecule has 0 bridgehead atoms. The summed E-state index contributed by atoms with van der Waals surface area (Å²) in [6.07, 6.45) is 3.34. The number of rotatable bonds is 8. The summed E-state index contributed by atoms with van der Waals surface area (Å²) in [5.41, 5.74) is -0.0771. The molecule has 0 saturated heterocycles. The molecule has 0 aliphatic rings. The van der Waals surface area contributed by atoms with Crippen LogP contribution in [0.15, 0.2) is 0 Å². The van der Waals surface area contributed by atoms with Crippen LogP contribution in [0.4, 0.5) is 0 Å². The number of nitrogens with one attached hydrogen (secondary N) is 1. The lowest BCUT2D eigenvalue weighted by molar-refractivity contribution is -0.131. The van der Waals surface area contributed by atoms with Crippen LogP contribution in [0.1, 0.15) is 60.8 Å². The molecule has 0 rings (SSSR count). The van der Waals surface area contributed by atoms with E-state index in [2.05, 4.69) is 26.1 Å². The Kier molecular flexibility index (Phi) is 7.72. The van der Waals surface area contributed by atoms with Crippen molar-refractivity contribution in [2.75, 3.05) is 19.8 Å². The molecule has 18 heavy (non-hydrogen) atoms. The molecule has 0 atom stereocenters. The van der Waals surface area contributed by atoms with Crippen LogP contribution < -0.4 is 5.32 Å². The molecular formula is C15H31NO2. The minimum absolute atomic E-state index is 0.178. The van der Waals surface area contributed by atoms with Gasteiger partial charge in [0, 0.05) is 17.6 Å². The highest BCUT2D eigenvalue weighted by Gasteiger charge is 2.20. The Morgan fingerprint density at radius 1 is 1.00 bits per heavy atom. The van der Waals surface area contributed by atoms with Gasteiger partial charge in [0.2, 0.25) is 0 Å². The smallest absolute Gasteiger partial charge is 0.163 e. The van der Waals surface area contributed by atoms with E-state index in [1.807, 2.05) is 20.8 Å². The van der Waals surface area contributed by atoms with Gasteiger partial charge in [-0.3, -0.25) is 4.79 Å². The second-order valence-electron chi connectivity index (χ2n) is 6.96. The van der Waals surface area contributed by atoms with Crippen LogP contribution in [0.25, 0.3) is 0 Å². The first-order valence-corrected chi connectivity index (χ1v) is 6.99. The summed E-state index contributed by atoms with van der Waals surface area (Å²) >= 11 is 0. The number of unbranched alkanes of at least 4 members (excludes halogenated alkanes) is 2. The highest BCUT2D eigenvalue weighted by atomic mass is 16.5. The normalized spacial score (nSPS) is 12.8. The number of hydrogen-bond donors (Lipinski definition) is 1. The summed E-state index contributed by atoms with van der Waals surface area (Å²) in [7, 11) is 0. The highest BCUT2D eigenvalue weighted by molar-refractivity contribution is 5.84. The van der Waals surface area contributed by atoms with E-state index in [9.17, 15) is 4.79 Å². The monoisotopic (exact) mass is 257 g/mol. The summed E-state index contributed by atoms with van der Waals surface area (Å²) in [6.45, 7) is 14.3. The second-order valence-corrected chi connectivity index (χ2v) is 6.96. The number of Topliss-reactive ketones (excluding diaryl/α,β-unsaturated/α-hetero) is 1. The predicted octanol–water partition coefficient (Wildman–Crippen LogP) is 3.18. The fourth-order valence-electron chi connectivity index (χ4n) is 1.35. The van der Waals surface area contributed by atoms with E-state index in [-0.39, 0.29) is 23.3 Å². The lowest BCUT2D eigenvalue weighted by Crippen LogP contribution is -2.36. The molecule has 0 aliphatic carbocycles. The van der Waals surface area contributed by atoms with Crippen LogP contribution in [0.2, 0.25) is 0 Å². The number of carbonyl (C=O) groups excluding carboxylic acids is 1. The molecule has 0 aromatic carbocycles. The number of hydrogen-bond acceptors (Lipinski definition) is 3. The molecule has 108 valence electrons. The maximum absolute atomic E-state index is 11.6. The van der Waals surface area contributed by atoms with E-state index >= 15 is 0 Å². The van der Waals surface area contributed by atoms with Crippen molar-refractivity contribution >= 4 is 5.78 Å². The van der Waals surface area contributed by atoms with Crippen molar-refractivity contribution in [3.8, 4) is 0 Å². The van der Waals surface area contributed by atoms with Crippen molar-refractivity contribution in [2.24, 2.45) is 5.41 Å². The molecule has 0 unspecified atom stereocenters. The molecule has 0 aliphatic heterocycles. The molecule has 0 heterocycles. The van der Waals surface area contributed by atoms with Crippen molar-refractivity contribution in [1.82, 2.24) is 5.32 Å². The fraction of sp³-hybridized carbons (Fsp3) is 0.933. The molecule has 3 heteroatoms. The van der Waals surface area contributed by atoms with Gasteiger partial charge in [-0.1, -0.05) is 20.8 Å². The van der Waals surface area contributed by atoms with Gasteiger partial charge in [-0.2, -0.15) is 0 Å². The molecule has 3 nitrogen and oxygen atoms in total. The highest BCUT2D eigenvalue weighted by Crippen LogP contribution is 2.14. The van der Waals surface area contributed by atoms with Crippen molar-refractivity contribution in [3.63, 3.8) is 0 Å². The van der Waals surface area contributed by atoms with E-state index in [1.54, 1.807) is 0 Å². The van der Waals surface area contributed by atoms with Gasteiger partial charge in [0.1, 0.15) is 6.61 Å². The molecule has 0 fully saturated rings. The zero-order chi connectivity index (χ0) is 14.2. The Bertz CT molecular complexity index is 236. The van der Waals surface area contributed by atoms with Gasteiger partial charge in [0.15, 0.2) is 5.78 Å². The zero-order valence-electron chi connectivity index (χ0n) is 13.1. The molecular weight excluding hydrogens is 226 g/mol. The number of carbonyl (C=O) groups is 1. The van der Waals surface area contributed by atoms with E-state index in [0.29, 0.717) is 6.61 Å². The van der Waals surface area contributed by atoms with Crippen LogP contribution in [0.5, 0.6) is 0 Å². The van der Waals surface area contributed by atoms with E-state index < -0.39 is 0 Å². The predicted molar refractivity (Wildman–Crippen MR) is 76.9 cm³/mol. The van der Waals surface area contributed by atoms with Gasteiger partial charge in [-0.05, 0) is 46.6 Å². The first-order chi connectivity index (χ1) is 8.13. The summed E-state index contributed by atoms with van der Waals surface area (Å²) in [4.78, 5) is 11.6. The van der Waals surface area contributed by atoms with Crippen LogP contribution in [0, 0.1) is 5.41 Å². The third kappa shape index (κ3) is 10.7. The van der Waals surface area contributed by atoms with Gasteiger partial charge in [-0.25, -0.2) is 0 Å². The zero-order valence-corrected chi connectivity index (χ0v) is 13.1. The summed E-state index contributed by atoms with van der Waals surface area (Å²) in [6, 6.07) is 0. The fourth-order valence-corrected chi connectivity index (χ4v) is 1.35. The van der Waals surface area contributed by atoms with Gasteiger partial charge in [0.25, 0.3) is 0 Å². The lowest BCUT2D eigenvalue weighted by Gasteiger charge is -2.20. The first-order valence-electron chi connectivity index (χ1n) is 6.99. The maximum atomic E-state index is 11.6. The third-order valence-corrected chi connectivity index (χ3v) is 2.69. The maximum Gasteiger partial charge on any atom is 0.163 e. The van der Waals surface area contributed by atoms with Crippen molar-refractivity contribution in [3.05, 3.63) is 0 Å². The largest absolute Gasteiger partial charge is 0.374 e. The Balaban J connectivity index is 3.35. The molecule has 0 aromatic rings. The standard InChI is InChI=1S/C15H31NO2/c1-14(2,3)13(17)12-18-11-9-7-8-10-16-15(4,5)6/h16H,7-12H2,1-6H3. The first kappa shape index (κ1) is 17.6. The third-order valence-electron chi connectivity index (χ3n) is 2.69. The number of ketones is 1. The SMILES string of the molecule is CC(C)(C)NCCCCCOCC(=O)C(C)(C)C. The Labute approximate surface area is 113 Å². The van der Waals surface area contributed by atoms with E-state index in [4.69, 9.17) is 4.74 Å². The Morgan fingerprint density at radius 2 is 1.61 bits per heavy atom. The molecule has 0 saturated carbocycles. The van der Waals surface area contributed by atoms with Crippen molar-refractivity contribution < 1.29 is 9.53 Å². The van der Waals surface area contributed by atoms with Crippen LogP contribution >= 0.6 is 0 Å². The molecule has 0 radical (unpaired) electrons. The molecule has 0 spiro atoms. The molecule has 1 N–H and O–H groups in total. The van der Waals surface area contributed by atoms with Crippen LogP contribution in [-0.4, -0.2) is 31.1 Å². The average Bonchev–Trinajstić information content (AvgIpc) is 2.18. The topological polar surface area (TPSA) is 38.3 Å². The van der Waals surface area contributed by atoms with E-state index in [1.165, 1.54) is 0 Å². The quantitative estimate of drug-likeness (QED) is 0.679. The van der Waals surface area contributed by atoms with Gasteiger partial charge >= 0.3 is 0 Å². The molecule has 0 aromatic heterocycles. The minimum Gasteiger partial charge on any atom is -0.374 e. The minimum atomic E-state index is -0.281. The summed E-state index contributed by atoms with van der Waals surface area (Å²) < 4.78 is 5.40. The van der Waals surface area contributed by atoms with Crippen molar-refractivity contribution in [1.29, 1.82) is 0 Å². The average molecular weight is 257 g/mol. The van der Waals surface area contributed by atoms with E-state index in [0.717, 1.165) is 25.8 Å². The summed E-state index contributed by atoms with van der Waals surface area (Å²) in [5.74, 6) is 0.178. The van der Waals surface area contributed by atoms with Gasteiger partial charge < -0.3 is 10.1 Å². The van der Waals surface area contributed by atoms with Crippen LogP contribution in [-0.2, 0) is 9.53 Å². The lowest BCUT2D eigenvalue weighted by atomic mass is 9.91. The Hall–Kier alpha value is -0.410. The van der Waals surface area contributed by atoms with Crippen LogP contribution in [0.3, 0.4) is 0 Å². The Morgan fingerprint density at radius 3 is 2.11 bits per heavy atom. The number of ether oxygens (including phenoxy) is 1. The summed E-state index contributed by atoms with van der Waals surface area (Å²) in [5, 5.41) is 3.46. The van der Waals surface area contributed by atoms with Gasteiger partial charge in [-0.15, -0.1) is 0 Å². The second kappa shape index (κ2) is 7.90. The van der Waals surface area contributed by atoms with Gasteiger partial charge in [0.05, 0.1) is 0 Å². The van der Waals surface area contributed by atoms with Crippen molar-refractivity contribution in [2.45, 2.75) is 66.3 Å². The molecule has 0 amide bonds.